The molecule has 1 unspecified atom stereocenters. The van der Waals surface area contributed by atoms with E-state index in [0.29, 0.717) is 18.9 Å². The van der Waals surface area contributed by atoms with Crippen molar-refractivity contribution < 1.29 is 15.0 Å². The summed E-state index contributed by atoms with van der Waals surface area (Å²) in [6.45, 7) is 8.04. The van der Waals surface area contributed by atoms with Crippen LogP contribution in [0.5, 0.6) is 0 Å². The lowest BCUT2D eigenvalue weighted by molar-refractivity contribution is -0.132. The molecule has 4 heteroatoms. The highest BCUT2D eigenvalue weighted by atomic mass is 16.4. The Labute approximate surface area is 84.6 Å². The molecule has 14 heavy (non-hydrogen) atoms. The zero-order valence-corrected chi connectivity index (χ0v) is 8.79. The molecule has 0 aliphatic heterocycles. The number of carboxylic acids is 1. The Hall–Kier alpha value is -0.870. The van der Waals surface area contributed by atoms with Crippen molar-refractivity contribution in [3.8, 4) is 0 Å². The maximum absolute atomic E-state index is 10.4. The molecule has 0 aromatic carbocycles. The van der Waals surface area contributed by atoms with Crippen LogP contribution in [0.2, 0.25) is 0 Å². The molecular formula is C10H19NO3. The van der Waals surface area contributed by atoms with E-state index < -0.39 is 12.1 Å². The maximum Gasteiger partial charge on any atom is 0.332 e. The average Bonchev–Trinajstić information content (AvgIpc) is 2.02. The minimum atomic E-state index is -1.00. The van der Waals surface area contributed by atoms with Gasteiger partial charge in [-0.3, -0.25) is 0 Å². The average molecular weight is 201 g/mol. The number of aliphatic carboxylic acids is 1. The van der Waals surface area contributed by atoms with Crippen LogP contribution in [-0.4, -0.2) is 35.4 Å². The fourth-order valence-corrected chi connectivity index (χ4v) is 1.09. The number of carboxylic acid groups (broad SMARTS) is 1. The Bertz CT molecular complexity index is 202. The predicted molar refractivity (Wildman–Crippen MR) is 55.1 cm³/mol. The molecule has 0 bridgehead atoms. The minimum Gasteiger partial charge on any atom is -0.478 e. The third kappa shape index (κ3) is 6.62. The van der Waals surface area contributed by atoms with Gasteiger partial charge < -0.3 is 15.5 Å². The normalized spacial score (nSPS) is 12.9. The van der Waals surface area contributed by atoms with Gasteiger partial charge in [-0.25, -0.2) is 4.79 Å². The van der Waals surface area contributed by atoms with Crippen molar-refractivity contribution in [3.05, 3.63) is 12.2 Å². The molecule has 0 saturated carbocycles. The Morgan fingerprint density at radius 2 is 2.07 bits per heavy atom. The summed E-state index contributed by atoms with van der Waals surface area (Å²) in [6.07, 6.45) is 0.295. The van der Waals surface area contributed by atoms with Crippen LogP contribution in [-0.2, 0) is 4.79 Å². The van der Waals surface area contributed by atoms with Crippen LogP contribution >= 0.6 is 0 Å². The van der Waals surface area contributed by atoms with Gasteiger partial charge >= 0.3 is 5.97 Å². The molecule has 0 saturated heterocycles. The lowest BCUT2D eigenvalue weighted by Gasteiger charge is -2.13. The van der Waals surface area contributed by atoms with E-state index in [1.165, 1.54) is 0 Å². The lowest BCUT2D eigenvalue weighted by atomic mass is 10.1. The monoisotopic (exact) mass is 201 g/mol. The first-order valence-electron chi connectivity index (χ1n) is 4.73. The Morgan fingerprint density at radius 3 is 2.50 bits per heavy atom. The molecule has 0 aromatic rings. The molecule has 0 rings (SSSR count). The van der Waals surface area contributed by atoms with Crippen LogP contribution in [0.1, 0.15) is 20.3 Å². The SMILES string of the molecule is C=C(CNCC(O)CC(C)C)C(=O)O. The number of nitrogens with one attached hydrogen (secondary N) is 1. The summed E-state index contributed by atoms with van der Waals surface area (Å²) < 4.78 is 0. The molecule has 4 nitrogen and oxygen atoms in total. The van der Waals surface area contributed by atoms with Crippen molar-refractivity contribution in [1.82, 2.24) is 5.32 Å². The molecular weight excluding hydrogens is 182 g/mol. The van der Waals surface area contributed by atoms with Crippen molar-refractivity contribution in [2.24, 2.45) is 5.92 Å². The molecule has 0 amide bonds. The van der Waals surface area contributed by atoms with Crippen molar-refractivity contribution in [2.45, 2.75) is 26.4 Å². The summed E-state index contributed by atoms with van der Waals surface area (Å²) in [6, 6.07) is 0. The Balaban J connectivity index is 3.54. The number of aliphatic hydroxyl groups excluding tert-OH is 1. The van der Waals surface area contributed by atoms with Crippen LogP contribution in [0.25, 0.3) is 0 Å². The van der Waals surface area contributed by atoms with Crippen LogP contribution in [0.4, 0.5) is 0 Å². The standard InChI is InChI=1S/C10H19NO3/c1-7(2)4-9(12)6-11-5-8(3)10(13)14/h7,9,11-12H,3-6H2,1-2H3,(H,13,14). The highest BCUT2D eigenvalue weighted by Gasteiger charge is 2.07. The molecule has 0 heterocycles. The largest absolute Gasteiger partial charge is 0.478 e. The van der Waals surface area contributed by atoms with E-state index in [1.54, 1.807) is 0 Å². The summed E-state index contributed by atoms with van der Waals surface area (Å²) in [5.41, 5.74) is 0.113. The second-order valence-corrected chi connectivity index (χ2v) is 3.82. The molecule has 0 aliphatic carbocycles. The number of rotatable bonds is 7. The van der Waals surface area contributed by atoms with Gasteiger partial charge in [0.15, 0.2) is 0 Å². The van der Waals surface area contributed by atoms with E-state index in [4.69, 9.17) is 5.11 Å². The van der Waals surface area contributed by atoms with Gasteiger partial charge in [0.2, 0.25) is 0 Å². The van der Waals surface area contributed by atoms with Crippen LogP contribution in [0.15, 0.2) is 12.2 Å². The molecule has 0 aromatic heterocycles. The van der Waals surface area contributed by atoms with E-state index in [9.17, 15) is 9.90 Å². The molecule has 0 fully saturated rings. The molecule has 3 N–H and O–H groups in total. The van der Waals surface area contributed by atoms with Gasteiger partial charge in [0.05, 0.1) is 6.10 Å². The van der Waals surface area contributed by atoms with Gasteiger partial charge in [-0.15, -0.1) is 0 Å². The molecule has 0 radical (unpaired) electrons. The highest BCUT2D eigenvalue weighted by Crippen LogP contribution is 2.03. The van der Waals surface area contributed by atoms with E-state index in [2.05, 4.69) is 11.9 Å². The van der Waals surface area contributed by atoms with E-state index in [-0.39, 0.29) is 12.1 Å². The number of hydrogen-bond acceptors (Lipinski definition) is 3. The summed E-state index contributed by atoms with van der Waals surface area (Å²) in [4.78, 5) is 10.4. The summed E-state index contributed by atoms with van der Waals surface area (Å²) in [7, 11) is 0. The van der Waals surface area contributed by atoms with Gasteiger partial charge in [-0.05, 0) is 12.3 Å². The fourth-order valence-electron chi connectivity index (χ4n) is 1.09. The van der Waals surface area contributed by atoms with E-state index >= 15 is 0 Å². The maximum atomic E-state index is 10.4. The molecule has 0 aliphatic rings. The molecule has 82 valence electrons. The quantitative estimate of drug-likeness (QED) is 0.528. The van der Waals surface area contributed by atoms with E-state index in [1.807, 2.05) is 13.8 Å². The van der Waals surface area contributed by atoms with Gasteiger partial charge in [-0.1, -0.05) is 20.4 Å². The van der Waals surface area contributed by atoms with Crippen molar-refractivity contribution >= 4 is 5.97 Å². The van der Waals surface area contributed by atoms with Gasteiger partial charge in [0, 0.05) is 18.7 Å². The number of hydrogen-bond donors (Lipinski definition) is 3. The number of carbonyl (C=O) groups is 1. The fraction of sp³-hybridized carbons (Fsp3) is 0.700. The first-order chi connectivity index (χ1) is 6.43. The van der Waals surface area contributed by atoms with Crippen molar-refractivity contribution in [2.75, 3.05) is 13.1 Å². The number of aliphatic hydroxyl groups is 1. The summed E-state index contributed by atoms with van der Waals surface area (Å²) >= 11 is 0. The Morgan fingerprint density at radius 1 is 1.50 bits per heavy atom. The molecule has 1 atom stereocenters. The first-order valence-corrected chi connectivity index (χ1v) is 4.73. The summed E-state index contributed by atoms with van der Waals surface area (Å²) in [5, 5.41) is 20.8. The molecule has 0 spiro atoms. The van der Waals surface area contributed by atoms with Gasteiger partial charge in [-0.2, -0.15) is 0 Å². The van der Waals surface area contributed by atoms with Crippen LogP contribution < -0.4 is 5.32 Å². The van der Waals surface area contributed by atoms with E-state index in [0.717, 1.165) is 0 Å². The van der Waals surface area contributed by atoms with Crippen LogP contribution in [0, 0.1) is 5.92 Å². The second kappa shape index (κ2) is 6.56. The van der Waals surface area contributed by atoms with Gasteiger partial charge in [0.1, 0.15) is 0 Å². The van der Waals surface area contributed by atoms with Crippen LogP contribution in [0.3, 0.4) is 0 Å². The Kier molecular flexibility index (Phi) is 6.16. The predicted octanol–water partition coefficient (Wildman–Crippen LogP) is 0.624. The second-order valence-electron chi connectivity index (χ2n) is 3.82. The smallest absolute Gasteiger partial charge is 0.332 e. The van der Waals surface area contributed by atoms with Crippen molar-refractivity contribution in [3.63, 3.8) is 0 Å². The summed E-state index contributed by atoms with van der Waals surface area (Å²) in [5.74, 6) is -0.565. The lowest BCUT2D eigenvalue weighted by Crippen LogP contribution is -2.30. The first kappa shape index (κ1) is 13.1. The third-order valence-electron chi connectivity index (χ3n) is 1.76. The zero-order valence-electron chi connectivity index (χ0n) is 8.79. The highest BCUT2D eigenvalue weighted by molar-refractivity contribution is 5.86. The van der Waals surface area contributed by atoms with Gasteiger partial charge in [0.25, 0.3) is 0 Å². The minimum absolute atomic E-state index is 0.113. The zero-order chi connectivity index (χ0) is 11.1. The van der Waals surface area contributed by atoms with Crippen molar-refractivity contribution in [1.29, 1.82) is 0 Å². The third-order valence-corrected chi connectivity index (χ3v) is 1.76. The topological polar surface area (TPSA) is 69.6 Å².